The van der Waals surface area contributed by atoms with Crippen molar-refractivity contribution in [1.82, 2.24) is 9.80 Å². The van der Waals surface area contributed by atoms with Crippen molar-refractivity contribution in [3.63, 3.8) is 0 Å². The lowest BCUT2D eigenvalue weighted by atomic mass is 10.2. The molecule has 5 nitrogen and oxygen atoms in total. The van der Waals surface area contributed by atoms with Crippen LogP contribution in [-0.4, -0.2) is 73.7 Å². The van der Waals surface area contributed by atoms with Crippen LogP contribution in [-0.2, 0) is 9.53 Å². The monoisotopic (exact) mass is 349 g/mol. The van der Waals surface area contributed by atoms with Gasteiger partial charge < -0.3 is 14.5 Å². The molecule has 0 N–H and O–H groups in total. The van der Waals surface area contributed by atoms with Gasteiger partial charge >= 0.3 is 0 Å². The molecule has 0 saturated carbocycles. The molecule has 0 aliphatic carbocycles. The predicted octanol–water partition coefficient (Wildman–Crippen LogP) is 1.97. The summed E-state index contributed by atoms with van der Waals surface area (Å²) in [6, 6.07) is 6.56. The molecule has 0 spiro atoms. The van der Waals surface area contributed by atoms with Gasteiger partial charge in [-0.25, -0.2) is 4.39 Å². The predicted molar refractivity (Wildman–Crippen MR) is 96.3 cm³/mol. The minimum atomic E-state index is -0.218. The molecule has 2 heterocycles. The number of carbonyl (C=O) groups excluding carboxylic acids is 1. The second-order valence-electron chi connectivity index (χ2n) is 7.11. The third-order valence-electron chi connectivity index (χ3n) is 4.96. The first-order valence-electron chi connectivity index (χ1n) is 9.17. The van der Waals surface area contributed by atoms with Gasteiger partial charge in [-0.05, 0) is 38.1 Å². The zero-order valence-electron chi connectivity index (χ0n) is 15.2. The first kappa shape index (κ1) is 18.1. The van der Waals surface area contributed by atoms with Crippen LogP contribution >= 0.6 is 0 Å². The highest BCUT2D eigenvalue weighted by atomic mass is 19.1. The van der Waals surface area contributed by atoms with Crippen LogP contribution in [0.1, 0.15) is 20.3 Å². The molecular formula is C19H28FN3O2. The number of hydrogen-bond donors (Lipinski definition) is 0. The number of carbonyl (C=O) groups is 1. The molecule has 2 aliphatic heterocycles. The fourth-order valence-electron chi connectivity index (χ4n) is 3.74. The third kappa shape index (κ3) is 4.92. The molecule has 2 saturated heterocycles. The van der Waals surface area contributed by atoms with Crippen molar-refractivity contribution in [1.29, 1.82) is 0 Å². The highest BCUT2D eigenvalue weighted by Crippen LogP contribution is 2.17. The van der Waals surface area contributed by atoms with E-state index in [9.17, 15) is 9.18 Å². The Kier molecular flexibility index (Phi) is 5.91. The zero-order valence-corrected chi connectivity index (χ0v) is 15.2. The SMILES string of the molecule is CC1CN(CCC(=O)N2CCN(c3ccc(F)cc3)CC2)CC(C)O1. The molecule has 0 aromatic heterocycles. The highest BCUT2D eigenvalue weighted by Gasteiger charge is 2.25. The van der Waals surface area contributed by atoms with E-state index in [4.69, 9.17) is 4.74 Å². The van der Waals surface area contributed by atoms with Gasteiger partial charge in [-0.1, -0.05) is 0 Å². The topological polar surface area (TPSA) is 36.0 Å². The van der Waals surface area contributed by atoms with Crippen molar-refractivity contribution in [2.75, 3.05) is 50.7 Å². The van der Waals surface area contributed by atoms with Gasteiger partial charge in [0.2, 0.25) is 5.91 Å². The molecular weight excluding hydrogens is 321 g/mol. The van der Waals surface area contributed by atoms with Crippen molar-refractivity contribution in [2.24, 2.45) is 0 Å². The molecule has 1 aromatic rings. The quantitative estimate of drug-likeness (QED) is 0.833. The third-order valence-corrected chi connectivity index (χ3v) is 4.96. The van der Waals surface area contributed by atoms with E-state index in [1.54, 1.807) is 12.1 Å². The minimum Gasteiger partial charge on any atom is -0.373 e. The maximum absolute atomic E-state index is 13.0. The van der Waals surface area contributed by atoms with E-state index in [2.05, 4.69) is 23.6 Å². The van der Waals surface area contributed by atoms with E-state index < -0.39 is 0 Å². The Balaban J connectivity index is 1.43. The summed E-state index contributed by atoms with van der Waals surface area (Å²) < 4.78 is 18.8. The van der Waals surface area contributed by atoms with Gasteiger partial charge in [0, 0.05) is 57.9 Å². The molecule has 2 unspecified atom stereocenters. The Labute approximate surface area is 149 Å². The van der Waals surface area contributed by atoms with Gasteiger partial charge in [0.05, 0.1) is 12.2 Å². The van der Waals surface area contributed by atoms with E-state index in [0.717, 1.165) is 51.5 Å². The maximum atomic E-state index is 13.0. The van der Waals surface area contributed by atoms with Gasteiger partial charge in [0.15, 0.2) is 0 Å². The fourth-order valence-corrected chi connectivity index (χ4v) is 3.74. The first-order valence-corrected chi connectivity index (χ1v) is 9.17. The number of nitrogens with zero attached hydrogens (tertiary/aromatic N) is 3. The van der Waals surface area contributed by atoms with Gasteiger partial charge in [-0.2, -0.15) is 0 Å². The van der Waals surface area contributed by atoms with Crippen molar-refractivity contribution in [3.8, 4) is 0 Å². The Hall–Kier alpha value is -1.66. The summed E-state index contributed by atoms with van der Waals surface area (Å²) in [6.45, 7) is 9.81. The Morgan fingerprint density at radius 3 is 2.28 bits per heavy atom. The largest absolute Gasteiger partial charge is 0.373 e. The Bertz CT molecular complexity index is 563. The Morgan fingerprint density at radius 2 is 1.68 bits per heavy atom. The second kappa shape index (κ2) is 8.15. The van der Waals surface area contributed by atoms with Gasteiger partial charge in [-0.3, -0.25) is 9.69 Å². The lowest BCUT2D eigenvalue weighted by Crippen LogP contribution is -2.50. The van der Waals surface area contributed by atoms with Gasteiger partial charge in [0.25, 0.3) is 0 Å². The van der Waals surface area contributed by atoms with E-state index in [0.29, 0.717) is 6.42 Å². The van der Waals surface area contributed by atoms with Crippen molar-refractivity contribution in [3.05, 3.63) is 30.1 Å². The van der Waals surface area contributed by atoms with Crippen LogP contribution in [0.5, 0.6) is 0 Å². The molecule has 3 rings (SSSR count). The van der Waals surface area contributed by atoms with E-state index in [1.165, 1.54) is 12.1 Å². The number of halogens is 1. The molecule has 25 heavy (non-hydrogen) atoms. The number of piperazine rings is 1. The molecule has 2 aliphatic rings. The number of ether oxygens (including phenoxy) is 1. The van der Waals surface area contributed by atoms with Crippen molar-refractivity contribution >= 4 is 11.6 Å². The first-order chi connectivity index (χ1) is 12.0. The number of hydrogen-bond acceptors (Lipinski definition) is 4. The number of rotatable bonds is 4. The molecule has 2 atom stereocenters. The summed E-state index contributed by atoms with van der Waals surface area (Å²) in [4.78, 5) is 19.0. The standard InChI is InChI=1S/C19H28FN3O2/c1-15-13-21(14-16(2)25-15)8-7-19(24)23-11-9-22(10-12-23)18-5-3-17(20)4-6-18/h3-6,15-16H,7-14H2,1-2H3. The fraction of sp³-hybridized carbons (Fsp3) is 0.632. The average molecular weight is 349 g/mol. The normalized spacial score (nSPS) is 25.2. The summed E-state index contributed by atoms with van der Waals surface area (Å²) in [5.41, 5.74) is 1.02. The van der Waals surface area contributed by atoms with E-state index in [1.807, 2.05) is 4.90 Å². The smallest absolute Gasteiger partial charge is 0.223 e. The summed E-state index contributed by atoms with van der Waals surface area (Å²) in [6.07, 6.45) is 1.03. The second-order valence-corrected chi connectivity index (χ2v) is 7.11. The van der Waals surface area contributed by atoms with Crippen molar-refractivity contribution < 1.29 is 13.9 Å². The van der Waals surface area contributed by atoms with Crippen LogP contribution < -0.4 is 4.90 Å². The van der Waals surface area contributed by atoms with Crippen LogP contribution in [0.25, 0.3) is 0 Å². The molecule has 0 radical (unpaired) electrons. The van der Waals surface area contributed by atoms with Crippen LogP contribution in [0.4, 0.5) is 10.1 Å². The maximum Gasteiger partial charge on any atom is 0.223 e. The molecule has 0 bridgehead atoms. The molecule has 138 valence electrons. The number of morpholine rings is 1. The van der Waals surface area contributed by atoms with Crippen LogP contribution in [0.2, 0.25) is 0 Å². The van der Waals surface area contributed by atoms with Crippen LogP contribution in [0.15, 0.2) is 24.3 Å². The summed E-state index contributed by atoms with van der Waals surface area (Å²) in [5, 5.41) is 0. The van der Waals surface area contributed by atoms with Crippen LogP contribution in [0, 0.1) is 5.82 Å². The number of anilines is 1. The number of benzene rings is 1. The highest BCUT2D eigenvalue weighted by molar-refractivity contribution is 5.76. The van der Waals surface area contributed by atoms with Gasteiger partial charge in [-0.15, -0.1) is 0 Å². The summed E-state index contributed by atoms with van der Waals surface area (Å²) in [7, 11) is 0. The van der Waals surface area contributed by atoms with E-state index in [-0.39, 0.29) is 23.9 Å². The lowest BCUT2D eigenvalue weighted by molar-refractivity contribution is -0.132. The van der Waals surface area contributed by atoms with Gasteiger partial charge in [0.1, 0.15) is 5.82 Å². The zero-order chi connectivity index (χ0) is 17.8. The lowest BCUT2D eigenvalue weighted by Gasteiger charge is -2.37. The molecule has 1 amide bonds. The Morgan fingerprint density at radius 1 is 1.08 bits per heavy atom. The molecule has 2 fully saturated rings. The number of amides is 1. The van der Waals surface area contributed by atoms with Crippen LogP contribution in [0.3, 0.4) is 0 Å². The summed E-state index contributed by atoms with van der Waals surface area (Å²) in [5.74, 6) is 0.00914. The van der Waals surface area contributed by atoms with Crippen molar-refractivity contribution in [2.45, 2.75) is 32.5 Å². The molecule has 6 heteroatoms. The average Bonchev–Trinajstić information content (AvgIpc) is 2.60. The molecule has 1 aromatic carbocycles. The van der Waals surface area contributed by atoms with E-state index >= 15 is 0 Å². The minimum absolute atomic E-state index is 0.218. The summed E-state index contributed by atoms with van der Waals surface area (Å²) >= 11 is 0.